The van der Waals surface area contributed by atoms with Crippen LogP contribution in [0.25, 0.3) is 0 Å². The summed E-state index contributed by atoms with van der Waals surface area (Å²) in [5.41, 5.74) is -1.79. The zero-order valence-corrected chi connectivity index (χ0v) is 23.1. The van der Waals surface area contributed by atoms with Crippen LogP contribution in [-0.4, -0.2) is 78.9 Å². The largest absolute Gasteiger partial charge is 0.510 e. The van der Waals surface area contributed by atoms with E-state index >= 15 is 0 Å². The number of carbonyl (C=O) groups excluding carboxylic acids is 3. The Labute approximate surface area is 226 Å². The van der Waals surface area contributed by atoms with Gasteiger partial charge in [-0.1, -0.05) is 11.6 Å². The normalized spacial score (nSPS) is 29.4. The van der Waals surface area contributed by atoms with Crippen molar-refractivity contribution in [2.75, 3.05) is 14.1 Å². The van der Waals surface area contributed by atoms with E-state index in [-0.39, 0.29) is 35.3 Å². The minimum atomic E-state index is -2.58. The molecule has 4 aliphatic rings. The number of aliphatic hydroxyl groups excluding tert-OH is 2. The van der Waals surface area contributed by atoms with Crippen LogP contribution in [-0.2, 0) is 29.1 Å². The quantitative estimate of drug-likeness (QED) is 0.414. The Hall–Kier alpha value is -2.72. The molecule has 3 aliphatic carbocycles. The molecule has 0 saturated carbocycles. The molecule has 1 heterocycles. The van der Waals surface area contributed by atoms with E-state index in [1.54, 1.807) is 19.0 Å². The van der Waals surface area contributed by atoms with Gasteiger partial charge < -0.3 is 20.4 Å². The lowest BCUT2D eigenvalue weighted by Crippen LogP contribution is -2.63. The minimum Gasteiger partial charge on any atom is -0.510 e. The average molecular weight is 545 g/mol. The van der Waals surface area contributed by atoms with Crippen molar-refractivity contribution in [3.63, 3.8) is 0 Å². The summed E-state index contributed by atoms with van der Waals surface area (Å²) in [7, 11) is 3.26. The second kappa shape index (κ2) is 8.39. The van der Waals surface area contributed by atoms with Crippen molar-refractivity contribution >= 4 is 29.0 Å². The monoisotopic (exact) mass is 544 g/mol. The van der Waals surface area contributed by atoms with E-state index in [1.807, 2.05) is 20.8 Å². The molecule has 0 saturated heterocycles. The van der Waals surface area contributed by atoms with Crippen LogP contribution in [0.3, 0.4) is 0 Å². The maximum atomic E-state index is 13.9. The Kier molecular flexibility index (Phi) is 5.93. The van der Waals surface area contributed by atoms with Crippen LogP contribution in [0.1, 0.15) is 61.2 Å². The van der Waals surface area contributed by atoms with Crippen molar-refractivity contribution in [2.24, 2.45) is 11.8 Å². The van der Waals surface area contributed by atoms with Gasteiger partial charge >= 0.3 is 0 Å². The molecular weight excluding hydrogens is 512 g/mol. The molecule has 4 atom stereocenters. The molecule has 0 radical (unpaired) electrons. The van der Waals surface area contributed by atoms with Crippen molar-refractivity contribution in [3.05, 3.63) is 49.9 Å². The number of allylic oxidation sites excluding steroid dienone is 1. The van der Waals surface area contributed by atoms with E-state index in [2.05, 4.69) is 4.90 Å². The van der Waals surface area contributed by atoms with Crippen molar-refractivity contribution in [2.45, 2.75) is 70.8 Å². The van der Waals surface area contributed by atoms with Gasteiger partial charge in [0.1, 0.15) is 22.8 Å². The summed E-state index contributed by atoms with van der Waals surface area (Å²) in [6.45, 7) is 8.14. The number of halogens is 1. The van der Waals surface area contributed by atoms with Crippen molar-refractivity contribution in [3.8, 4) is 5.75 Å². The smallest absolute Gasteiger partial charge is 0.209 e. The predicted molar refractivity (Wildman–Crippen MR) is 139 cm³/mol. The summed E-state index contributed by atoms with van der Waals surface area (Å²) in [5.74, 6) is -5.74. The van der Waals surface area contributed by atoms with Gasteiger partial charge in [0.05, 0.1) is 11.6 Å². The number of likely N-dealkylation sites (N-methyl/N-ethyl adjacent to an activating group) is 1. The van der Waals surface area contributed by atoms with Crippen molar-refractivity contribution < 1.29 is 34.8 Å². The minimum absolute atomic E-state index is 0.0260. The number of ketones is 3. The number of aliphatic hydroxyl groups is 3. The summed E-state index contributed by atoms with van der Waals surface area (Å²) < 4.78 is 0. The molecule has 0 bridgehead atoms. The second-order valence-corrected chi connectivity index (χ2v) is 12.5. The molecular formula is C28H33ClN2O7. The Morgan fingerprint density at radius 1 is 1.08 bits per heavy atom. The van der Waals surface area contributed by atoms with Crippen LogP contribution in [0.4, 0.5) is 0 Å². The highest BCUT2D eigenvalue weighted by atomic mass is 35.5. The molecule has 10 heteroatoms. The number of hydrogen-bond donors (Lipinski definition) is 4. The van der Waals surface area contributed by atoms with Gasteiger partial charge in [0.15, 0.2) is 17.2 Å². The Balaban J connectivity index is 1.70. The summed E-state index contributed by atoms with van der Waals surface area (Å²) in [6.07, 6.45) is 0.258. The summed E-state index contributed by atoms with van der Waals surface area (Å²) in [4.78, 5) is 43.4. The fourth-order valence-electron chi connectivity index (χ4n) is 6.80. The number of benzene rings is 1. The first kappa shape index (κ1) is 26.9. The van der Waals surface area contributed by atoms with Gasteiger partial charge in [0.2, 0.25) is 5.78 Å². The number of Topliss-reactive ketones (excluding diaryl/α,β-unsaturated/α-hetero) is 3. The lowest BCUT2D eigenvalue weighted by Gasteiger charge is -2.50. The number of phenols is 1. The first-order valence-corrected chi connectivity index (χ1v) is 13.1. The van der Waals surface area contributed by atoms with Crippen LogP contribution in [0.15, 0.2) is 22.7 Å². The van der Waals surface area contributed by atoms with Gasteiger partial charge in [-0.2, -0.15) is 0 Å². The van der Waals surface area contributed by atoms with Gasteiger partial charge in [-0.05, 0) is 71.7 Å². The number of carbonyl (C=O) groups is 3. The number of nitrogens with zero attached hydrogens (tertiary/aromatic N) is 2. The Morgan fingerprint density at radius 2 is 1.68 bits per heavy atom. The Bertz CT molecular complexity index is 1390. The van der Waals surface area contributed by atoms with Gasteiger partial charge in [0.25, 0.3) is 0 Å². The number of hydrogen-bond acceptors (Lipinski definition) is 9. The number of fused-ring (bicyclic) bond motifs is 4. The maximum absolute atomic E-state index is 13.9. The van der Waals surface area contributed by atoms with Gasteiger partial charge in [-0.3, -0.25) is 24.2 Å². The van der Waals surface area contributed by atoms with Gasteiger partial charge in [-0.25, -0.2) is 0 Å². The van der Waals surface area contributed by atoms with Crippen molar-refractivity contribution in [1.82, 2.24) is 9.80 Å². The van der Waals surface area contributed by atoms with Crippen molar-refractivity contribution in [1.29, 1.82) is 0 Å². The highest BCUT2D eigenvalue weighted by Gasteiger charge is 2.63. The molecule has 1 aromatic rings. The first-order chi connectivity index (χ1) is 17.5. The molecule has 0 spiro atoms. The zero-order chi connectivity index (χ0) is 28.2. The second-order valence-electron chi connectivity index (χ2n) is 12.2. The molecule has 1 aromatic carbocycles. The van der Waals surface area contributed by atoms with Crippen LogP contribution in [0.2, 0.25) is 5.02 Å². The topological polar surface area (TPSA) is 139 Å². The lowest BCUT2D eigenvalue weighted by molar-refractivity contribution is -0.148. The molecule has 5 rings (SSSR count). The SMILES string of the molecule is CC(=O)C1=C(O)[C@@H](N(C)C)[C@@H]2C[C@@H]3Cc4c(Cl)c5c(c(O)c4C(=O)C3=C(O)[C@]2(O)C1=O)CN(C(C)(C)C)C5. The number of phenolic OH excluding ortho intramolecular Hbond substituents is 1. The van der Waals surface area contributed by atoms with E-state index < -0.39 is 57.9 Å². The fourth-order valence-corrected chi connectivity index (χ4v) is 7.14. The lowest BCUT2D eigenvalue weighted by atomic mass is 9.58. The predicted octanol–water partition coefficient (Wildman–Crippen LogP) is 2.99. The first-order valence-electron chi connectivity index (χ1n) is 12.7. The van der Waals surface area contributed by atoms with Crippen LogP contribution in [0, 0.1) is 11.8 Å². The van der Waals surface area contributed by atoms with Gasteiger partial charge in [0, 0.05) is 40.7 Å². The molecule has 0 aromatic heterocycles. The molecule has 4 N–H and O–H groups in total. The van der Waals surface area contributed by atoms with Gasteiger partial charge in [-0.15, -0.1) is 0 Å². The van der Waals surface area contributed by atoms with E-state index in [0.29, 0.717) is 29.2 Å². The summed E-state index contributed by atoms with van der Waals surface area (Å²) in [6, 6.07) is -0.957. The highest BCUT2D eigenvalue weighted by molar-refractivity contribution is 6.33. The highest BCUT2D eigenvalue weighted by Crippen LogP contribution is 2.54. The van der Waals surface area contributed by atoms with Crippen LogP contribution < -0.4 is 0 Å². The van der Waals surface area contributed by atoms with Crippen LogP contribution >= 0.6 is 11.6 Å². The van der Waals surface area contributed by atoms with E-state index in [0.717, 1.165) is 12.5 Å². The molecule has 0 amide bonds. The molecule has 1 aliphatic heterocycles. The maximum Gasteiger partial charge on any atom is 0.209 e. The van der Waals surface area contributed by atoms with E-state index in [1.165, 1.54) is 0 Å². The number of aromatic hydroxyl groups is 1. The third-order valence-corrected chi connectivity index (χ3v) is 9.24. The van der Waals surface area contributed by atoms with E-state index in [9.17, 15) is 34.8 Å². The Morgan fingerprint density at radius 3 is 2.24 bits per heavy atom. The molecule has 204 valence electrons. The summed E-state index contributed by atoms with van der Waals surface area (Å²) in [5, 5.41) is 45.8. The molecule has 0 fully saturated rings. The summed E-state index contributed by atoms with van der Waals surface area (Å²) >= 11 is 6.87. The molecule has 9 nitrogen and oxygen atoms in total. The zero-order valence-electron chi connectivity index (χ0n) is 22.3. The average Bonchev–Trinajstić information content (AvgIpc) is 3.26. The molecule has 0 unspecified atom stereocenters. The molecule has 38 heavy (non-hydrogen) atoms. The standard InChI is InChI=1S/C28H33ClN2O7/c1-11(32)17-24(35)21(30(5)6)16-8-12-7-13-19(23(34)18(12)26(37)28(16,38)25(17)36)22(33)15-10-31(27(2,3)4)9-14(15)20(13)29/h12,16,21,33,35,37-38H,7-10H2,1-6H3/t12-,16-,21-,28+/m0/s1. The third-order valence-electron chi connectivity index (χ3n) is 8.79. The third kappa shape index (κ3) is 3.38. The van der Waals surface area contributed by atoms with Crippen LogP contribution in [0.5, 0.6) is 5.75 Å². The van der Waals surface area contributed by atoms with E-state index in [4.69, 9.17) is 11.6 Å². The number of rotatable bonds is 2. The fraction of sp³-hybridized carbons (Fsp3) is 0.536.